The van der Waals surface area contributed by atoms with Crippen LogP contribution >= 0.6 is 11.3 Å². The maximum Gasteiger partial charge on any atom is 0.124 e. The van der Waals surface area contributed by atoms with Crippen molar-refractivity contribution in [2.24, 2.45) is 5.92 Å². The number of aromatic nitrogens is 3. The second kappa shape index (κ2) is 7.21. The van der Waals surface area contributed by atoms with Crippen LogP contribution in [0.15, 0.2) is 29.6 Å². The summed E-state index contributed by atoms with van der Waals surface area (Å²) in [6.45, 7) is 5.69. The third-order valence-electron chi connectivity index (χ3n) is 3.74. The Morgan fingerprint density at radius 2 is 2.09 bits per heavy atom. The largest absolute Gasteiger partial charge is 0.378 e. The lowest BCUT2D eigenvalue weighted by atomic mass is 10.0. The van der Waals surface area contributed by atoms with Crippen LogP contribution in [0.2, 0.25) is 0 Å². The first kappa shape index (κ1) is 16.1. The predicted molar refractivity (Wildman–Crippen MR) is 93.3 cm³/mol. The molecule has 1 atom stereocenters. The Balaban J connectivity index is 1.73. The molecule has 0 bridgehead atoms. The predicted octanol–water partition coefficient (Wildman–Crippen LogP) is 3.65. The fraction of sp³-hybridized carbons (Fsp3) is 0.412. The van der Waals surface area contributed by atoms with Gasteiger partial charge in [0.1, 0.15) is 10.8 Å². The number of ether oxygens (including phenoxy) is 1. The molecule has 0 aliphatic heterocycles. The van der Waals surface area contributed by atoms with Gasteiger partial charge in [-0.3, -0.25) is 0 Å². The van der Waals surface area contributed by atoms with Crippen molar-refractivity contribution in [3.05, 3.63) is 46.2 Å². The van der Waals surface area contributed by atoms with Crippen LogP contribution in [0.3, 0.4) is 0 Å². The van der Waals surface area contributed by atoms with Crippen LogP contribution in [-0.4, -0.2) is 22.1 Å². The van der Waals surface area contributed by atoms with Gasteiger partial charge in [0, 0.05) is 19.0 Å². The molecule has 2 N–H and O–H groups in total. The number of rotatable bonds is 7. The zero-order chi connectivity index (χ0) is 16.2. The number of hydrogen-bond donors (Lipinski definition) is 2. The van der Waals surface area contributed by atoms with Crippen LogP contribution < -0.4 is 5.32 Å². The third-order valence-corrected chi connectivity index (χ3v) is 4.61. The molecule has 0 saturated carbocycles. The molecule has 0 amide bonds. The van der Waals surface area contributed by atoms with Crippen molar-refractivity contribution in [3.63, 3.8) is 0 Å². The quantitative estimate of drug-likeness (QED) is 0.694. The molecule has 122 valence electrons. The van der Waals surface area contributed by atoms with Crippen LogP contribution in [0.5, 0.6) is 0 Å². The summed E-state index contributed by atoms with van der Waals surface area (Å²) in [5.74, 6) is 1.40. The first-order valence-electron chi connectivity index (χ1n) is 7.77. The number of fused-ring (bicyclic) bond motifs is 1. The Morgan fingerprint density at radius 1 is 1.26 bits per heavy atom. The molecule has 0 unspecified atom stereocenters. The lowest BCUT2D eigenvalue weighted by Gasteiger charge is -2.19. The number of nitrogens with one attached hydrogen (secondary N) is 2. The Hall–Kier alpha value is -1.76. The van der Waals surface area contributed by atoms with Crippen molar-refractivity contribution in [3.8, 4) is 0 Å². The standard InChI is InChI=1S/C17H22N4OS/c1-11(2)16(17-20-13-6-4-5-7-14(13)21-17)18-8-12-10-23-15(19-12)9-22-3/h4-7,10-11,16,18H,8-9H2,1-3H3,(H,20,21)/t16-/m1/s1. The Labute approximate surface area is 140 Å². The number of H-pyrrole nitrogens is 1. The van der Waals surface area contributed by atoms with Gasteiger partial charge in [-0.2, -0.15) is 0 Å². The molecule has 6 heteroatoms. The van der Waals surface area contributed by atoms with E-state index < -0.39 is 0 Å². The van der Waals surface area contributed by atoms with E-state index >= 15 is 0 Å². The average Bonchev–Trinajstić information content (AvgIpc) is 3.14. The minimum Gasteiger partial charge on any atom is -0.378 e. The molecule has 3 rings (SSSR count). The fourth-order valence-electron chi connectivity index (χ4n) is 2.60. The molecule has 23 heavy (non-hydrogen) atoms. The van der Waals surface area contributed by atoms with Gasteiger partial charge in [0.25, 0.3) is 0 Å². The minimum absolute atomic E-state index is 0.162. The highest BCUT2D eigenvalue weighted by Crippen LogP contribution is 2.23. The van der Waals surface area contributed by atoms with Gasteiger partial charge in [-0.05, 0) is 18.1 Å². The molecule has 0 radical (unpaired) electrons. The van der Waals surface area contributed by atoms with Gasteiger partial charge in [0.15, 0.2) is 0 Å². The number of hydrogen-bond acceptors (Lipinski definition) is 5. The van der Waals surface area contributed by atoms with Crippen molar-refractivity contribution < 1.29 is 4.74 Å². The highest BCUT2D eigenvalue weighted by atomic mass is 32.1. The third kappa shape index (κ3) is 3.77. The van der Waals surface area contributed by atoms with E-state index in [1.807, 2.05) is 18.2 Å². The van der Waals surface area contributed by atoms with Crippen molar-refractivity contribution in [2.75, 3.05) is 7.11 Å². The first-order chi connectivity index (χ1) is 11.2. The van der Waals surface area contributed by atoms with Gasteiger partial charge in [0.05, 0.1) is 29.4 Å². The van der Waals surface area contributed by atoms with Gasteiger partial charge >= 0.3 is 0 Å². The summed E-state index contributed by atoms with van der Waals surface area (Å²) < 4.78 is 5.12. The van der Waals surface area contributed by atoms with Gasteiger partial charge in [-0.15, -0.1) is 11.3 Å². The maximum absolute atomic E-state index is 5.12. The lowest BCUT2D eigenvalue weighted by molar-refractivity contribution is 0.184. The molecule has 0 aliphatic rings. The molecule has 2 heterocycles. The molecule has 3 aromatic rings. The van der Waals surface area contributed by atoms with E-state index in [2.05, 4.69) is 40.6 Å². The molecule has 0 aliphatic carbocycles. The summed E-state index contributed by atoms with van der Waals surface area (Å²) >= 11 is 1.63. The summed E-state index contributed by atoms with van der Waals surface area (Å²) in [7, 11) is 1.69. The summed E-state index contributed by atoms with van der Waals surface area (Å²) in [6, 6.07) is 8.28. The zero-order valence-corrected chi connectivity index (χ0v) is 14.5. The Morgan fingerprint density at radius 3 is 2.83 bits per heavy atom. The second-order valence-electron chi connectivity index (χ2n) is 5.91. The highest BCUT2D eigenvalue weighted by Gasteiger charge is 2.19. The monoisotopic (exact) mass is 330 g/mol. The normalized spacial score (nSPS) is 13.0. The summed E-state index contributed by atoms with van der Waals surface area (Å²) in [5.41, 5.74) is 3.13. The highest BCUT2D eigenvalue weighted by molar-refractivity contribution is 7.09. The van der Waals surface area contributed by atoms with E-state index in [0.29, 0.717) is 12.5 Å². The number of nitrogens with zero attached hydrogens (tertiary/aromatic N) is 2. The zero-order valence-electron chi connectivity index (χ0n) is 13.7. The molecular formula is C17H22N4OS. The summed E-state index contributed by atoms with van der Waals surface area (Å²) in [6.07, 6.45) is 0. The smallest absolute Gasteiger partial charge is 0.124 e. The molecular weight excluding hydrogens is 308 g/mol. The summed E-state index contributed by atoms with van der Waals surface area (Å²) in [4.78, 5) is 12.7. The summed E-state index contributed by atoms with van der Waals surface area (Å²) in [5, 5.41) is 6.67. The lowest BCUT2D eigenvalue weighted by Crippen LogP contribution is -2.26. The number of benzene rings is 1. The first-order valence-corrected chi connectivity index (χ1v) is 8.65. The molecule has 0 spiro atoms. The Kier molecular flexibility index (Phi) is 5.05. The van der Waals surface area contributed by atoms with Crippen molar-refractivity contribution in [1.29, 1.82) is 0 Å². The van der Waals surface area contributed by atoms with E-state index in [9.17, 15) is 0 Å². The molecule has 5 nitrogen and oxygen atoms in total. The van der Waals surface area contributed by atoms with E-state index in [0.717, 1.165) is 34.1 Å². The average molecular weight is 330 g/mol. The molecule has 0 fully saturated rings. The number of aromatic amines is 1. The van der Waals surface area contributed by atoms with Gasteiger partial charge in [-0.25, -0.2) is 9.97 Å². The van der Waals surface area contributed by atoms with Gasteiger partial charge in [-0.1, -0.05) is 26.0 Å². The van der Waals surface area contributed by atoms with Crippen LogP contribution in [0.25, 0.3) is 11.0 Å². The number of thiazole rings is 1. The fourth-order valence-corrected chi connectivity index (χ4v) is 3.37. The number of imidazole rings is 1. The Bertz CT molecular complexity index is 732. The second-order valence-corrected chi connectivity index (χ2v) is 6.85. The van der Waals surface area contributed by atoms with Crippen LogP contribution in [0.4, 0.5) is 0 Å². The van der Waals surface area contributed by atoms with Crippen molar-refractivity contribution >= 4 is 22.4 Å². The topological polar surface area (TPSA) is 62.8 Å². The minimum atomic E-state index is 0.162. The molecule has 1 aromatic carbocycles. The van der Waals surface area contributed by atoms with Gasteiger partial charge < -0.3 is 15.0 Å². The maximum atomic E-state index is 5.12. The number of para-hydroxylation sites is 2. The van der Waals surface area contributed by atoms with Crippen molar-refractivity contribution in [1.82, 2.24) is 20.3 Å². The van der Waals surface area contributed by atoms with E-state index in [-0.39, 0.29) is 6.04 Å². The molecule has 0 saturated heterocycles. The molecule has 2 aromatic heterocycles. The number of methoxy groups -OCH3 is 1. The van der Waals surface area contributed by atoms with E-state index in [4.69, 9.17) is 9.72 Å². The van der Waals surface area contributed by atoms with E-state index in [1.165, 1.54) is 0 Å². The van der Waals surface area contributed by atoms with Crippen molar-refractivity contribution in [2.45, 2.75) is 33.0 Å². The van der Waals surface area contributed by atoms with Gasteiger partial charge in [0.2, 0.25) is 0 Å². The SMILES string of the molecule is COCc1nc(CN[C@@H](c2nc3ccccc3[nH]2)C(C)C)cs1. The van der Waals surface area contributed by atoms with Crippen LogP contribution in [0, 0.1) is 5.92 Å². The van der Waals surface area contributed by atoms with E-state index in [1.54, 1.807) is 18.4 Å². The van der Waals surface area contributed by atoms with Crippen LogP contribution in [-0.2, 0) is 17.9 Å². The van der Waals surface area contributed by atoms with Crippen LogP contribution in [0.1, 0.15) is 36.4 Å².